The molecule has 23 heavy (non-hydrogen) atoms. The number of rotatable bonds is 9. The van der Waals surface area contributed by atoms with Gasteiger partial charge in [-0.05, 0) is 20.3 Å². The van der Waals surface area contributed by atoms with Crippen LogP contribution in [0.1, 0.15) is 51.6 Å². The number of amides is 1. The third-order valence-corrected chi connectivity index (χ3v) is 3.96. The summed E-state index contributed by atoms with van der Waals surface area (Å²) in [5, 5.41) is 12.8. The number of aromatic nitrogens is 1. The lowest BCUT2D eigenvalue weighted by molar-refractivity contribution is -0.118. The first-order chi connectivity index (χ1) is 10.9. The molecule has 1 aromatic heterocycles. The summed E-state index contributed by atoms with van der Waals surface area (Å²) < 4.78 is 1.81. The monoisotopic (exact) mass is 320 g/mol. The van der Waals surface area contributed by atoms with Crippen molar-refractivity contribution in [3.05, 3.63) is 40.3 Å². The fraction of sp³-hybridized carbons (Fsp3) is 0.556. The average Bonchev–Trinajstić information content (AvgIpc) is 2.51. The van der Waals surface area contributed by atoms with Gasteiger partial charge in [-0.25, -0.2) is 0 Å². The summed E-state index contributed by atoms with van der Waals surface area (Å²) in [7, 11) is 0. The minimum absolute atomic E-state index is 0.0586. The second-order valence-corrected chi connectivity index (χ2v) is 6.07. The van der Waals surface area contributed by atoms with Crippen LogP contribution in [0.25, 0.3) is 0 Å². The molecule has 0 bridgehead atoms. The van der Waals surface area contributed by atoms with Crippen LogP contribution in [-0.2, 0) is 11.3 Å². The number of carbonyl (C=O) groups excluding carboxylic acids is 1. The maximum absolute atomic E-state index is 11.9. The van der Waals surface area contributed by atoms with Crippen molar-refractivity contribution in [3.8, 4) is 5.75 Å². The molecular formula is C18H28N2O3. The number of pyridine rings is 1. The lowest BCUT2D eigenvalue weighted by atomic mass is 10.1. The SMILES string of the molecule is C=C(C)C(=O)NC(CCCCCC)Cn1ccc(=O)c(O)c1C. The molecule has 0 aliphatic rings. The normalized spacial score (nSPS) is 12.0. The van der Waals surface area contributed by atoms with Gasteiger partial charge in [-0.15, -0.1) is 0 Å². The molecule has 1 heterocycles. The lowest BCUT2D eigenvalue weighted by Crippen LogP contribution is -2.38. The van der Waals surface area contributed by atoms with Crippen LogP contribution in [0.15, 0.2) is 29.2 Å². The Hall–Kier alpha value is -2.04. The minimum atomic E-state index is -0.385. The first-order valence-electron chi connectivity index (χ1n) is 8.22. The quantitative estimate of drug-likeness (QED) is 0.543. The van der Waals surface area contributed by atoms with Crippen molar-refractivity contribution in [1.29, 1.82) is 0 Å². The van der Waals surface area contributed by atoms with E-state index in [9.17, 15) is 14.7 Å². The number of nitrogens with zero attached hydrogens (tertiary/aromatic N) is 1. The van der Waals surface area contributed by atoms with Crippen molar-refractivity contribution in [2.75, 3.05) is 0 Å². The Morgan fingerprint density at radius 3 is 2.70 bits per heavy atom. The first-order valence-corrected chi connectivity index (χ1v) is 8.22. The van der Waals surface area contributed by atoms with Gasteiger partial charge in [0.25, 0.3) is 0 Å². The highest BCUT2D eigenvalue weighted by Gasteiger charge is 2.15. The lowest BCUT2D eigenvalue weighted by Gasteiger charge is -2.22. The Balaban J connectivity index is 2.82. The maximum Gasteiger partial charge on any atom is 0.246 e. The van der Waals surface area contributed by atoms with Crippen molar-refractivity contribution >= 4 is 5.91 Å². The Morgan fingerprint density at radius 1 is 1.39 bits per heavy atom. The summed E-state index contributed by atoms with van der Waals surface area (Å²) in [6, 6.07) is 1.29. The van der Waals surface area contributed by atoms with Crippen LogP contribution < -0.4 is 10.7 Å². The summed E-state index contributed by atoms with van der Waals surface area (Å²) in [6.07, 6.45) is 7.01. The van der Waals surface area contributed by atoms with E-state index in [4.69, 9.17) is 0 Å². The third kappa shape index (κ3) is 5.93. The molecule has 2 N–H and O–H groups in total. The van der Waals surface area contributed by atoms with Gasteiger partial charge in [-0.1, -0.05) is 39.2 Å². The zero-order valence-corrected chi connectivity index (χ0v) is 14.4. The molecule has 1 atom stereocenters. The molecule has 5 heteroatoms. The van der Waals surface area contributed by atoms with Gasteiger partial charge in [0.05, 0.1) is 5.69 Å². The molecule has 0 radical (unpaired) electrons. The summed E-state index contributed by atoms with van der Waals surface area (Å²) in [6.45, 7) is 9.73. The summed E-state index contributed by atoms with van der Waals surface area (Å²) in [5.74, 6) is -0.392. The number of aromatic hydroxyl groups is 1. The van der Waals surface area contributed by atoms with E-state index in [0.29, 0.717) is 17.8 Å². The van der Waals surface area contributed by atoms with Crippen LogP contribution in [0.3, 0.4) is 0 Å². The van der Waals surface area contributed by atoms with Gasteiger partial charge < -0.3 is 15.0 Å². The molecule has 1 rings (SSSR count). The van der Waals surface area contributed by atoms with Crippen molar-refractivity contribution < 1.29 is 9.90 Å². The second-order valence-electron chi connectivity index (χ2n) is 6.07. The van der Waals surface area contributed by atoms with Crippen molar-refractivity contribution in [3.63, 3.8) is 0 Å². The second kappa shape index (κ2) is 9.18. The predicted octanol–water partition coefficient (Wildman–Crippen LogP) is 2.89. The number of nitrogens with one attached hydrogen (secondary N) is 1. The smallest absolute Gasteiger partial charge is 0.246 e. The Labute approximate surface area is 138 Å². The van der Waals surface area contributed by atoms with E-state index in [1.807, 2.05) is 0 Å². The first kappa shape index (κ1) is 19.0. The molecule has 5 nitrogen and oxygen atoms in total. The molecule has 128 valence electrons. The molecule has 1 aromatic rings. The summed E-state index contributed by atoms with van der Waals surface area (Å²) >= 11 is 0. The molecule has 0 spiro atoms. The van der Waals surface area contributed by atoms with Crippen molar-refractivity contribution in [2.45, 2.75) is 65.5 Å². The zero-order chi connectivity index (χ0) is 17.4. The summed E-state index contributed by atoms with van der Waals surface area (Å²) in [5.41, 5.74) is 0.605. The maximum atomic E-state index is 11.9. The largest absolute Gasteiger partial charge is 0.503 e. The summed E-state index contributed by atoms with van der Waals surface area (Å²) in [4.78, 5) is 23.4. The highest BCUT2D eigenvalue weighted by atomic mass is 16.3. The highest BCUT2D eigenvalue weighted by molar-refractivity contribution is 5.92. The van der Waals surface area contributed by atoms with Gasteiger partial charge in [0.1, 0.15) is 0 Å². The third-order valence-electron chi connectivity index (χ3n) is 3.96. The van der Waals surface area contributed by atoms with E-state index in [-0.39, 0.29) is 23.1 Å². The number of unbranched alkanes of at least 4 members (excludes halogenated alkanes) is 3. The molecule has 1 amide bonds. The van der Waals surface area contributed by atoms with Crippen molar-refractivity contribution in [2.24, 2.45) is 0 Å². The van der Waals surface area contributed by atoms with Gasteiger partial charge in [0.2, 0.25) is 11.3 Å². The molecule has 0 aromatic carbocycles. The topological polar surface area (TPSA) is 71.3 Å². The predicted molar refractivity (Wildman–Crippen MR) is 92.6 cm³/mol. The van der Waals surface area contributed by atoms with E-state index >= 15 is 0 Å². The van der Waals surface area contributed by atoms with Crippen LogP contribution in [-0.4, -0.2) is 21.6 Å². The molecule has 1 unspecified atom stereocenters. The Kier molecular flexibility index (Phi) is 7.59. The number of carbonyl (C=O) groups is 1. The molecule has 0 fully saturated rings. The fourth-order valence-corrected chi connectivity index (χ4v) is 2.43. The van der Waals surface area contributed by atoms with E-state index in [2.05, 4.69) is 18.8 Å². The highest BCUT2D eigenvalue weighted by Crippen LogP contribution is 2.13. The van der Waals surface area contributed by atoms with Gasteiger partial charge in [0, 0.05) is 30.4 Å². The number of hydrogen-bond acceptors (Lipinski definition) is 3. The van der Waals surface area contributed by atoms with Crippen LogP contribution in [0.5, 0.6) is 5.75 Å². The standard InChI is InChI=1S/C18H28N2O3/c1-5-6-7-8-9-15(19-18(23)13(2)3)12-20-11-10-16(21)17(22)14(20)4/h10-11,15,22H,2,5-9,12H2,1,3-4H3,(H,19,23). The molecular weight excluding hydrogens is 292 g/mol. The van der Waals surface area contributed by atoms with E-state index in [0.717, 1.165) is 25.7 Å². The Morgan fingerprint density at radius 2 is 2.09 bits per heavy atom. The fourth-order valence-electron chi connectivity index (χ4n) is 2.43. The number of hydrogen-bond donors (Lipinski definition) is 2. The molecule has 0 aliphatic carbocycles. The van der Waals surface area contributed by atoms with E-state index in [1.165, 1.54) is 12.5 Å². The molecule has 0 saturated carbocycles. The van der Waals surface area contributed by atoms with Crippen LogP contribution in [0.4, 0.5) is 0 Å². The van der Waals surface area contributed by atoms with Crippen LogP contribution in [0.2, 0.25) is 0 Å². The molecule has 0 saturated heterocycles. The van der Waals surface area contributed by atoms with Gasteiger partial charge >= 0.3 is 0 Å². The minimum Gasteiger partial charge on any atom is -0.503 e. The van der Waals surface area contributed by atoms with Gasteiger partial charge in [-0.3, -0.25) is 9.59 Å². The van der Waals surface area contributed by atoms with Gasteiger partial charge in [-0.2, -0.15) is 0 Å². The van der Waals surface area contributed by atoms with Crippen molar-refractivity contribution in [1.82, 2.24) is 9.88 Å². The van der Waals surface area contributed by atoms with Crippen LogP contribution >= 0.6 is 0 Å². The van der Waals surface area contributed by atoms with Gasteiger partial charge in [0.15, 0.2) is 5.75 Å². The average molecular weight is 320 g/mol. The Bertz CT molecular complexity index is 605. The molecule has 0 aliphatic heterocycles. The van der Waals surface area contributed by atoms with E-state index < -0.39 is 0 Å². The zero-order valence-electron chi connectivity index (χ0n) is 14.4. The van der Waals surface area contributed by atoms with Crippen LogP contribution in [0, 0.1) is 6.92 Å². The van der Waals surface area contributed by atoms with E-state index in [1.54, 1.807) is 24.6 Å².